The maximum atomic E-state index is 11.3. The fourth-order valence-electron chi connectivity index (χ4n) is 1.50. The summed E-state index contributed by atoms with van der Waals surface area (Å²) in [6, 6.07) is 0. The van der Waals surface area contributed by atoms with Crippen LogP contribution in [0.3, 0.4) is 0 Å². The molecule has 0 bridgehead atoms. The number of hydrogen-bond donors (Lipinski definition) is 1. The summed E-state index contributed by atoms with van der Waals surface area (Å²) in [6.07, 6.45) is 0.312. The van der Waals surface area contributed by atoms with Crippen molar-refractivity contribution in [2.75, 3.05) is 0 Å². The molecule has 4 heteroatoms. The summed E-state index contributed by atoms with van der Waals surface area (Å²) >= 11 is 0. The lowest BCUT2D eigenvalue weighted by Gasteiger charge is -2.27. The topological polar surface area (TPSA) is 47.6 Å². The number of carbonyl (C=O) groups is 1. The molecule has 0 atom stereocenters. The quantitative estimate of drug-likeness (QED) is 0.755. The molecule has 0 aromatic rings. The van der Waals surface area contributed by atoms with E-state index in [0.717, 1.165) is 6.42 Å². The Hall–Kier alpha value is -0.770. The van der Waals surface area contributed by atoms with E-state index in [1.54, 1.807) is 0 Å². The van der Waals surface area contributed by atoms with Gasteiger partial charge in [-0.1, -0.05) is 13.8 Å². The van der Waals surface area contributed by atoms with Gasteiger partial charge in [-0.15, -0.1) is 0 Å². The van der Waals surface area contributed by atoms with Gasteiger partial charge in [0.1, 0.15) is 5.60 Å². The molecule has 0 spiro atoms. The van der Waals surface area contributed by atoms with Crippen LogP contribution in [0.15, 0.2) is 0 Å². The van der Waals surface area contributed by atoms with Crippen LogP contribution in [0.5, 0.6) is 0 Å². The third kappa shape index (κ3) is 8.53. The van der Waals surface area contributed by atoms with Gasteiger partial charge in [-0.05, 0) is 47.0 Å². The molecule has 4 nitrogen and oxygen atoms in total. The minimum atomic E-state index is -0.552. The van der Waals surface area contributed by atoms with E-state index in [0.29, 0.717) is 5.92 Å². The molecule has 0 saturated heterocycles. The van der Waals surface area contributed by atoms with Crippen molar-refractivity contribution >= 4 is 6.09 Å². The van der Waals surface area contributed by atoms with Gasteiger partial charge in [-0.25, -0.2) is 4.79 Å². The minimum absolute atomic E-state index is 0.384. The highest BCUT2D eigenvalue weighted by atomic mass is 16.7. The second kappa shape index (κ2) is 5.53. The fourth-order valence-corrected chi connectivity index (χ4v) is 1.50. The third-order valence-electron chi connectivity index (χ3n) is 1.71. The molecule has 0 aromatic heterocycles. The molecule has 0 aliphatic carbocycles. The van der Waals surface area contributed by atoms with Crippen molar-refractivity contribution in [3.05, 3.63) is 0 Å². The Morgan fingerprint density at radius 1 is 1.19 bits per heavy atom. The SMILES string of the molecule is CC(C)CC(C)(C)ONC(=O)OC(C)(C)C. The Labute approximate surface area is 98.6 Å². The molecular weight excluding hydrogens is 206 g/mol. The number of nitrogens with one attached hydrogen (secondary N) is 1. The van der Waals surface area contributed by atoms with Crippen molar-refractivity contribution in [1.29, 1.82) is 0 Å². The van der Waals surface area contributed by atoms with Crippen LogP contribution in [0.1, 0.15) is 54.9 Å². The van der Waals surface area contributed by atoms with Gasteiger partial charge < -0.3 is 4.74 Å². The number of amides is 1. The number of carbonyl (C=O) groups excluding carboxylic acids is 1. The summed E-state index contributed by atoms with van der Waals surface area (Å²) < 4.78 is 5.06. The van der Waals surface area contributed by atoms with Gasteiger partial charge in [0.25, 0.3) is 0 Å². The van der Waals surface area contributed by atoms with E-state index < -0.39 is 11.7 Å². The van der Waals surface area contributed by atoms with Gasteiger partial charge >= 0.3 is 6.09 Å². The maximum absolute atomic E-state index is 11.3. The van der Waals surface area contributed by atoms with Crippen LogP contribution in [0, 0.1) is 5.92 Å². The molecule has 0 unspecified atom stereocenters. The zero-order valence-corrected chi connectivity index (χ0v) is 11.5. The first-order chi connectivity index (χ1) is 7.02. The predicted molar refractivity (Wildman–Crippen MR) is 64.0 cm³/mol. The highest BCUT2D eigenvalue weighted by molar-refractivity contribution is 5.66. The van der Waals surface area contributed by atoms with E-state index in [1.165, 1.54) is 0 Å². The van der Waals surface area contributed by atoms with Crippen LogP contribution < -0.4 is 5.48 Å². The molecule has 0 aromatic carbocycles. The zero-order valence-electron chi connectivity index (χ0n) is 11.5. The second-order valence-corrected chi connectivity index (χ2v) is 6.06. The highest BCUT2D eigenvalue weighted by Gasteiger charge is 2.23. The second-order valence-electron chi connectivity index (χ2n) is 6.06. The van der Waals surface area contributed by atoms with Crippen molar-refractivity contribution in [2.45, 2.75) is 66.1 Å². The normalized spacial score (nSPS) is 12.8. The van der Waals surface area contributed by atoms with Gasteiger partial charge in [0.2, 0.25) is 0 Å². The van der Waals surface area contributed by atoms with E-state index >= 15 is 0 Å². The summed E-state index contributed by atoms with van der Waals surface area (Å²) in [5.41, 5.74) is 1.44. The van der Waals surface area contributed by atoms with Crippen LogP contribution in [-0.2, 0) is 9.57 Å². The number of hydrogen-bond acceptors (Lipinski definition) is 3. The highest BCUT2D eigenvalue weighted by Crippen LogP contribution is 2.19. The van der Waals surface area contributed by atoms with Gasteiger partial charge in [0.15, 0.2) is 0 Å². The lowest BCUT2D eigenvalue weighted by molar-refractivity contribution is -0.0951. The van der Waals surface area contributed by atoms with Crippen molar-refractivity contribution < 1.29 is 14.4 Å². The van der Waals surface area contributed by atoms with Crippen molar-refractivity contribution in [3.63, 3.8) is 0 Å². The number of rotatable bonds is 4. The Bertz CT molecular complexity index is 229. The Morgan fingerprint density at radius 2 is 1.69 bits per heavy atom. The van der Waals surface area contributed by atoms with Gasteiger partial charge in [0, 0.05) is 0 Å². The van der Waals surface area contributed by atoms with Gasteiger partial charge in [-0.2, -0.15) is 5.48 Å². The molecule has 0 aliphatic heterocycles. The van der Waals surface area contributed by atoms with Crippen LogP contribution in [0.4, 0.5) is 4.79 Å². The summed E-state index contributed by atoms with van der Waals surface area (Å²) in [4.78, 5) is 16.7. The van der Waals surface area contributed by atoms with Crippen LogP contribution in [0.25, 0.3) is 0 Å². The summed E-state index contributed by atoms with van der Waals surface area (Å²) in [5, 5.41) is 0. The molecule has 0 heterocycles. The summed E-state index contributed by atoms with van der Waals surface area (Å²) in [6.45, 7) is 13.5. The third-order valence-corrected chi connectivity index (χ3v) is 1.71. The maximum Gasteiger partial charge on any atom is 0.431 e. The molecule has 1 N–H and O–H groups in total. The van der Waals surface area contributed by atoms with Crippen LogP contribution >= 0.6 is 0 Å². The Kier molecular flexibility index (Phi) is 5.26. The summed E-state index contributed by atoms with van der Waals surface area (Å²) in [5.74, 6) is 0.510. The fraction of sp³-hybridized carbons (Fsp3) is 0.917. The molecule has 1 amide bonds. The number of hydroxylamine groups is 1. The molecule has 0 saturated carbocycles. The number of ether oxygens (including phenoxy) is 1. The standard InChI is InChI=1S/C12H25NO3/c1-9(2)8-12(6,7)16-13-10(14)15-11(3,4)5/h9H,8H2,1-7H3,(H,13,14). The zero-order chi connectivity index (χ0) is 13.0. The molecule has 0 aliphatic rings. The summed E-state index contributed by atoms with van der Waals surface area (Å²) in [7, 11) is 0. The monoisotopic (exact) mass is 231 g/mol. The van der Waals surface area contributed by atoms with E-state index in [-0.39, 0.29) is 5.60 Å². The van der Waals surface area contributed by atoms with Crippen molar-refractivity contribution in [2.24, 2.45) is 5.92 Å². The van der Waals surface area contributed by atoms with Crippen molar-refractivity contribution in [1.82, 2.24) is 5.48 Å². The van der Waals surface area contributed by atoms with E-state index in [2.05, 4.69) is 19.3 Å². The average Bonchev–Trinajstić information content (AvgIpc) is 1.95. The Morgan fingerprint density at radius 3 is 2.06 bits per heavy atom. The van der Waals surface area contributed by atoms with Gasteiger partial charge in [-0.3, -0.25) is 4.84 Å². The molecule has 0 fully saturated rings. The van der Waals surface area contributed by atoms with Crippen LogP contribution in [-0.4, -0.2) is 17.3 Å². The Balaban J connectivity index is 4.00. The largest absolute Gasteiger partial charge is 0.442 e. The van der Waals surface area contributed by atoms with Crippen LogP contribution in [0.2, 0.25) is 0 Å². The van der Waals surface area contributed by atoms with Crippen molar-refractivity contribution in [3.8, 4) is 0 Å². The first kappa shape index (κ1) is 15.2. The van der Waals surface area contributed by atoms with E-state index in [1.807, 2.05) is 34.6 Å². The molecule has 0 radical (unpaired) electrons. The smallest absolute Gasteiger partial charge is 0.431 e. The minimum Gasteiger partial charge on any atom is -0.442 e. The average molecular weight is 231 g/mol. The van der Waals surface area contributed by atoms with E-state index in [4.69, 9.17) is 9.57 Å². The predicted octanol–water partition coefficient (Wildman–Crippen LogP) is 3.27. The first-order valence-corrected chi connectivity index (χ1v) is 5.69. The van der Waals surface area contributed by atoms with E-state index in [9.17, 15) is 4.79 Å². The lowest BCUT2D eigenvalue weighted by Crippen LogP contribution is -2.39. The van der Waals surface area contributed by atoms with Gasteiger partial charge in [0.05, 0.1) is 5.60 Å². The molecular formula is C12H25NO3. The first-order valence-electron chi connectivity index (χ1n) is 5.69. The molecule has 0 rings (SSSR count). The molecule has 16 heavy (non-hydrogen) atoms. The molecule has 96 valence electrons. The lowest BCUT2D eigenvalue weighted by atomic mass is 9.96.